The lowest BCUT2D eigenvalue weighted by Gasteiger charge is -2.36. The van der Waals surface area contributed by atoms with E-state index in [-0.39, 0.29) is 24.3 Å². The van der Waals surface area contributed by atoms with Crippen LogP contribution >= 0.6 is 0 Å². The highest BCUT2D eigenvalue weighted by atomic mass is 16.6. The average molecular weight is 439 g/mol. The first kappa shape index (κ1) is 23.1. The van der Waals surface area contributed by atoms with Crippen LogP contribution in [0.15, 0.2) is 54.6 Å². The van der Waals surface area contributed by atoms with Gasteiger partial charge in [-0.1, -0.05) is 30.3 Å². The quantitative estimate of drug-likeness (QED) is 0.717. The number of nitrogens with one attached hydrogen (secondary N) is 2. The number of hydrazine groups is 1. The second kappa shape index (κ2) is 10.2. The minimum absolute atomic E-state index is 0.190. The number of hydrogen-bond donors (Lipinski definition) is 2. The third-order valence-electron chi connectivity index (χ3n) is 4.95. The van der Waals surface area contributed by atoms with Gasteiger partial charge in [0.15, 0.2) is 0 Å². The van der Waals surface area contributed by atoms with Gasteiger partial charge in [0.1, 0.15) is 5.60 Å². The Kier molecular flexibility index (Phi) is 7.35. The molecule has 8 heteroatoms. The molecule has 0 atom stereocenters. The van der Waals surface area contributed by atoms with Crippen molar-refractivity contribution in [3.8, 4) is 0 Å². The Balaban J connectivity index is 1.46. The maximum absolute atomic E-state index is 12.3. The summed E-state index contributed by atoms with van der Waals surface area (Å²) in [6, 6.07) is 16.5. The molecule has 0 unspecified atom stereocenters. The summed E-state index contributed by atoms with van der Waals surface area (Å²) in [5.74, 6) is -0.670. The van der Waals surface area contributed by atoms with Gasteiger partial charge in [-0.05, 0) is 50.6 Å². The SMILES string of the molecule is CC(C)(C)OC(=O)N1CCN(c2ccc(C(=O)NNC(=O)Cc3ccccc3)cc2)CC1. The van der Waals surface area contributed by atoms with Crippen molar-refractivity contribution in [2.45, 2.75) is 32.8 Å². The van der Waals surface area contributed by atoms with Crippen LogP contribution in [0.1, 0.15) is 36.7 Å². The number of amides is 3. The molecule has 2 aromatic rings. The molecular weight excluding hydrogens is 408 g/mol. The minimum Gasteiger partial charge on any atom is -0.444 e. The van der Waals surface area contributed by atoms with Crippen molar-refractivity contribution in [3.63, 3.8) is 0 Å². The number of hydrogen-bond acceptors (Lipinski definition) is 5. The van der Waals surface area contributed by atoms with Gasteiger partial charge >= 0.3 is 6.09 Å². The molecule has 0 radical (unpaired) electrons. The van der Waals surface area contributed by atoms with Gasteiger partial charge in [0.05, 0.1) is 6.42 Å². The number of carbonyl (C=O) groups excluding carboxylic acids is 3. The van der Waals surface area contributed by atoms with Crippen molar-refractivity contribution in [1.29, 1.82) is 0 Å². The number of rotatable bonds is 4. The predicted octanol–water partition coefficient (Wildman–Crippen LogP) is 2.75. The minimum atomic E-state index is -0.508. The Morgan fingerprint density at radius 1 is 0.875 bits per heavy atom. The van der Waals surface area contributed by atoms with Crippen molar-refractivity contribution < 1.29 is 19.1 Å². The number of ether oxygens (including phenoxy) is 1. The van der Waals surface area contributed by atoms with E-state index in [0.29, 0.717) is 31.7 Å². The highest BCUT2D eigenvalue weighted by Crippen LogP contribution is 2.19. The van der Waals surface area contributed by atoms with Gasteiger partial charge in [-0.3, -0.25) is 20.4 Å². The molecule has 3 amide bonds. The summed E-state index contributed by atoms with van der Waals surface area (Å²) in [6.07, 6.45) is -0.103. The number of anilines is 1. The Bertz CT molecular complexity index is 931. The van der Waals surface area contributed by atoms with E-state index in [0.717, 1.165) is 11.3 Å². The van der Waals surface area contributed by atoms with E-state index in [4.69, 9.17) is 4.74 Å². The Morgan fingerprint density at radius 3 is 2.09 bits per heavy atom. The molecular formula is C24H30N4O4. The summed E-state index contributed by atoms with van der Waals surface area (Å²) < 4.78 is 5.43. The fraction of sp³-hybridized carbons (Fsp3) is 0.375. The summed E-state index contributed by atoms with van der Waals surface area (Å²) in [6.45, 7) is 8.07. The fourth-order valence-corrected chi connectivity index (χ4v) is 3.32. The van der Waals surface area contributed by atoms with Crippen LogP contribution in [0.4, 0.5) is 10.5 Å². The summed E-state index contributed by atoms with van der Waals surface area (Å²) in [7, 11) is 0. The Hall–Kier alpha value is -3.55. The van der Waals surface area contributed by atoms with Crippen LogP contribution in [0.3, 0.4) is 0 Å². The van der Waals surface area contributed by atoms with Gasteiger partial charge in [0.2, 0.25) is 5.91 Å². The van der Waals surface area contributed by atoms with Crippen molar-refractivity contribution in [3.05, 3.63) is 65.7 Å². The van der Waals surface area contributed by atoms with E-state index in [1.807, 2.05) is 63.2 Å². The first-order valence-corrected chi connectivity index (χ1v) is 10.7. The normalized spacial score (nSPS) is 14.0. The van der Waals surface area contributed by atoms with Crippen molar-refractivity contribution in [1.82, 2.24) is 15.8 Å². The molecule has 1 heterocycles. The number of piperazine rings is 1. The van der Waals surface area contributed by atoms with Crippen LogP contribution in [0.25, 0.3) is 0 Å². The van der Waals surface area contributed by atoms with Crippen LogP contribution in [0.2, 0.25) is 0 Å². The molecule has 3 rings (SSSR count). The van der Waals surface area contributed by atoms with Gasteiger partial charge in [-0.25, -0.2) is 4.79 Å². The van der Waals surface area contributed by atoms with E-state index < -0.39 is 5.60 Å². The molecule has 0 saturated carbocycles. The van der Waals surface area contributed by atoms with Crippen LogP contribution in [0.5, 0.6) is 0 Å². The molecule has 1 aliphatic heterocycles. The van der Waals surface area contributed by atoms with Crippen molar-refractivity contribution in [2.24, 2.45) is 0 Å². The standard InChI is InChI=1S/C24H30N4O4/c1-24(2,3)32-23(31)28-15-13-27(14-16-28)20-11-9-19(10-12-20)22(30)26-25-21(29)17-18-7-5-4-6-8-18/h4-12H,13-17H2,1-3H3,(H,25,29)(H,26,30). The molecule has 0 spiro atoms. The molecule has 2 aromatic carbocycles. The molecule has 0 bridgehead atoms. The Morgan fingerprint density at radius 2 is 1.50 bits per heavy atom. The van der Waals surface area contributed by atoms with Gasteiger partial charge in [0.25, 0.3) is 5.91 Å². The predicted molar refractivity (Wildman–Crippen MR) is 122 cm³/mol. The first-order valence-electron chi connectivity index (χ1n) is 10.7. The maximum Gasteiger partial charge on any atom is 0.410 e. The zero-order chi connectivity index (χ0) is 23.1. The molecule has 2 N–H and O–H groups in total. The van der Waals surface area contributed by atoms with Crippen LogP contribution in [-0.4, -0.2) is 54.6 Å². The largest absolute Gasteiger partial charge is 0.444 e. The molecule has 170 valence electrons. The summed E-state index contributed by atoms with van der Waals surface area (Å²) in [5, 5.41) is 0. The molecule has 1 saturated heterocycles. The second-order valence-corrected chi connectivity index (χ2v) is 8.67. The molecule has 8 nitrogen and oxygen atoms in total. The lowest BCUT2D eigenvalue weighted by molar-refractivity contribution is -0.121. The summed E-state index contributed by atoms with van der Waals surface area (Å²) in [5.41, 5.74) is 6.66. The van der Waals surface area contributed by atoms with Crippen molar-refractivity contribution in [2.75, 3.05) is 31.1 Å². The number of nitrogens with zero attached hydrogens (tertiary/aromatic N) is 2. The molecule has 1 aliphatic rings. The van der Waals surface area contributed by atoms with Gasteiger partial charge < -0.3 is 14.5 Å². The maximum atomic E-state index is 12.3. The van der Waals surface area contributed by atoms with Gasteiger partial charge in [-0.2, -0.15) is 0 Å². The third kappa shape index (κ3) is 6.73. The molecule has 1 fully saturated rings. The van der Waals surface area contributed by atoms with E-state index in [1.165, 1.54) is 0 Å². The van der Waals surface area contributed by atoms with Crippen LogP contribution in [0, 0.1) is 0 Å². The van der Waals surface area contributed by atoms with Crippen LogP contribution in [-0.2, 0) is 16.0 Å². The highest BCUT2D eigenvalue weighted by molar-refractivity contribution is 5.95. The summed E-state index contributed by atoms with van der Waals surface area (Å²) >= 11 is 0. The number of benzene rings is 2. The van der Waals surface area contributed by atoms with Crippen molar-refractivity contribution >= 4 is 23.6 Å². The van der Waals surface area contributed by atoms with E-state index in [9.17, 15) is 14.4 Å². The smallest absolute Gasteiger partial charge is 0.410 e. The van der Waals surface area contributed by atoms with E-state index in [1.54, 1.807) is 17.0 Å². The van der Waals surface area contributed by atoms with Gasteiger partial charge in [0, 0.05) is 37.4 Å². The zero-order valence-electron chi connectivity index (χ0n) is 18.8. The molecule has 0 aromatic heterocycles. The third-order valence-corrected chi connectivity index (χ3v) is 4.95. The van der Waals surface area contributed by atoms with E-state index >= 15 is 0 Å². The average Bonchev–Trinajstić information content (AvgIpc) is 2.77. The summed E-state index contributed by atoms with van der Waals surface area (Å²) in [4.78, 5) is 40.4. The van der Waals surface area contributed by atoms with Crippen LogP contribution < -0.4 is 15.8 Å². The molecule has 32 heavy (non-hydrogen) atoms. The fourth-order valence-electron chi connectivity index (χ4n) is 3.32. The second-order valence-electron chi connectivity index (χ2n) is 8.67. The van der Waals surface area contributed by atoms with E-state index in [2.05, 4.69) is 15.8 Å². The Labute approximate surface area is 188 Å². The first-order chi connectivity index (χ1) is 15.2. The van der Waals surface area contributed by atoms with Gasteiger partial charge in [-0.15, -0.1) is 0 Å². The lowest BCUT2D eigenvalue weighted by atomic mass is 10.1. The number of carbonyl (C=O) groups is 3. The highest BCUT2D eigenvalue weighted by Gasteiger charge is 2.26. The topological polar surface area (TPSA) is 91.0 Å². The zero-order valence-corrected chi connectivity index (χ0v) is 18.8. The lowest BCUT2D eigenvalue weighted by Crippen LogP contribution is -2.50. The molecule has 0 aliphatic carbocycles. The monoisotopic (exact) mass is 438 g/mol.